The zero-order valence-corrected chi connectivity index (χ0v) is 21.7. The van der Waals surface area contributed by atoms with Gasteiger partial charge in [-0.05, 0) is 35.4 Å². The van der Waals surface area contributed by atoms with Crippen LogP contribution in [0, 0.1) is 0 Å². The molecule has 0 radical (unpaired) electrons. The van der Waals surface area contributed by atoms with Crippen LogP contribution in [0.3, 0.4) is 0 Å². The first-order chi connectivity index (χ1) is 19.4. The van der Waals surface area contributed by atoms with Crippen molar-refractivity contribution in [2.75, 3.05) is 14.2 Å². The number of carbonyl (C=O) groups excluding carboxylic acids is 4. The third kappa shape index (κ3) is 5.32. The fourth-order valence-electron chi connectivity index (χ4n) is 4.79. The molecule has 1 aliphatic heterocycles. The average molecular weight is 543 g/mol. The van der Waals surface area contributed by atoms with E-state index in [1.54, 1.807) is 36.7 Å². The third-order valence-electron chi connectivity index (χ3n) is 6.63. The number of rotatable bonds is 2. The van der Waals surface area contributed by atoms with Crippen LogP contribution in [0.15, 0.2) is 58.8 Å². The molecular formula is C28H26N6O6. The lowest BCUT2D eigenvalue weighted by Crippen LogP contribution is -2.43. The minimum atomic E-state index is -1.01. The van der Waals surface area contributed by atoms with Gasteiger partial charge in [-0.3, -0.25) is 19.6 Å². The molecule has 2 amide bonds. The molecule has 1 aliphatic rings. The first kappa shape index (κ1) is 26.4. The highest BCUT2D eigenvalue weighted by atomic mass is 16.5. The van der Waals surface area contributed by atoms with E-state index >= 15 is 0 Å². The van der Waals surface area contributed by atoms with Crippen molar-refractivity contribution in [2.24, 2.45) is 9.98 Å². The highest BCUT2D eigenvalue weighted by Gasteiger charge is 2.25. The number of hydrogen-bond donors (Lipinski definition) is 4. The number of nitrogens with zero attached hydrogens (tertiary/aromatic N) is 2. The largest absolute Gasteiger partial charge is 0.467 e. The molecule has 2 aromatic carbocycles. The average Bonchev–Trinajstić information content (AvgIpc) is 3.57. The van der Waals surface area contributed by atoms with Crippen LogP contribution in [-0.4, -0.2) is 72.5 Å². The predicted octanol–water partition coefficient (Wildman–Crippen LogP) is 2.17. The van der Waals surface area contributed by atoms with Crippen molar-refractivity contribution in [2.45, 2.75) is 24.9 Å². The summed E-state index contributed by atoms with van der Waals surface area (Å²) < 4.78 is 9.87. The Morgan fingerprint density at radius 1 is 0.725 bits per heavy atom. The monoisotopic (exact) mass is 542 g/mol. The Hall–Kier alpha value is -5.26. The topological polar surface area (TPSA) is 167 Å². The number of amides is 2. The second kappa shape index (κ2) is 11.2. The zero-order chi connectivity index (χ0) is 28.2. The molecule has 0 saturated heterocycles. The summed E-state index contributed by atoms with van der Waals surface area (Å²) in [6.45, 7) is 0. The van der Waals surface area contributed by atoms with Crippen LogP contribution in [0.25, 0.3) is 21.8 Å². The molecule has 0 unspecified atom stereocenters. The van der Waals surface area contributed by atoms with E-state index in [4.69, 9.17) is 9.47 Å². The molecule has 204 valence electrons. The third-order valence-corrected chi connectivity index (χ3v) is 6.63. The van der Waals surface area contributed by atoms with Crippen LogP contribution in [0.1, 0.15) is 11.1 Å². The van der Waals surface area contributed by atoms with E-state index in [1.807, 2.05) is 12.1 Å². The van der Waals surface area contributed by atoms with Gasteiger partial charge >= 0.3 is 11.9 Å². The molecule has 5 rings (SSSR count). The summed E-state index contributed by atoms with van der Waals surface area (Å²) in [5.74, 6) is -2.45. The van der Waals surface area contributed by atoms with Crippen LogP contribution in [0.2, 0.25) is 0 Å². The lowest BCUT2D eigenvalue weighted by molar-refractivity contribution is -0.144. The van der Waals surface area contributed by atoms with Gasteiger partial charge in [0.1, 0.15) is 12.1 Å². The Morgan fingerprint density at radius 3 is 1.55 bits per heavy atom. The summed E-state index contributed by atoms with van der Waals surface area (Å²) in [4.78, 5) is 66.0. The van der Waals surface area contributed by atoms with Gasteiger partial charge in [0.15, 0.2) is 0 Å². The van der Waals surface area contributed by atoms with Crippen molar-refractivity contribution in [3.8, 4) is 0 Å². The number of H-pyrrole nitrogens is 2. The van der Waals surface area contributed by atoms with Crippen molar-refractivity contribution >= 4 is 69.4 Å². The minimum Gasteiger partial charge on any atom is -0.467 e. The standard InChI is InChI=1S/C28H26N6O6/c1-39-27(37)21-9-15-11-29-17-5-3-7-19(25(15)17)32-14-24(36)34-22(28(38)40-2)10-16-12-30-18-6-4-8-20(26(16)18)31-13-23(35)33-21/h3-8,11-14,21-22,29-30H,9-10H2,1-2H3,(H,33,35)(H,34,36)/t21-,22-/m0/s1. The summed E-state index contributed by atoms with van der Waals surface area (Å²) in [5, 5.41) is 6.68. The second-order valence-electron chi connectivity index (χ2n) is 9.12. The minimum absolute atomic E-state index is 0.0902. The zero-order valence-electron chi connectivity index (χ0n) is 21.7. The van der Waals surface area contributed by atoms with Crippen LogP contribution in [-0.2, 0) is 41.5 Å². The van der Waals surface area contributed by atoms with Crippen LogP contribution >= 0.6 is 0 Å². The van der Waals surface area contributed by atoms with Crippen molar-refractivity contribution in [1.29, 1.82) is 0 Å². The maximum atomic E-state index is 12.9. The highest BCUT2D eigenvalue weighted by Crippen LogP contribution is 2.31. The van der Waals surface area contributed by atoms with Gasteiger partial charge in [0.2, 0.25) is 0 Å². The summed E-state index contributed by atoms with van der Waals surface area (Å²) in [5.41, 5.74) is 3.69. The number of nitrogens with one attached hydrogen (secondary N) is 4. The highest BCUT2D eigenvalue weighted by molar-refractivity contribution is 6.28. The first-order valence-electron chi connectivity index (χ1n) is 12.4. The number of aromatic amines is 2. The van der Waals surface area contributed by atoms with E-state index < -0.39 is 35.8 Å². The summed E-state index contributed by atoms with van der Waals surface area (Å²) in [6, 6.07) is 8.58. The van der Waals surface area contributed by atoms with Crippen molar-refractivity contribution in [3.63, 3.8) is 0 Å². The molecule has 12 nitrogen and oxygen atoms in total. The van der Waals surface area contributed by atoms with E-state index in [0.29, 0.717) is 33.3 Å². The first-order valence-corrected chi connectivity index (χ1v) is 12.4. The van der Waals surface area contributed by atoms with E-state index in [2.05, 4.69) is 30.6 Å². The summed E-state index contributed by atoms with van der Waals surface area (Å²) in [7, 11) is 2.49. The molecule has 2 aromatic heterocycles. The molecule has 4 N–H and O–H groups in total. The molecule has 40 heavy (non-hydrogen) atoms. The second-order valence-corrected chi connectivity index (χ2v) is 9.12. The van der Waals surface area contributed by atoms with Crippen LogP contribution in [0.4, 0.5) is 11.4 Å². The Kier molecular flexibility index (Phi) is 7.40. The van der Waals surface area contributed by atoms with Gasteiger partial charge in [-0.15, -0.1) is 0 Å². The van der Waals surface area contributed by atoms with Gasteiger partial charge < -0.3 is 30.1 Å². The lowest BCUT2D eigenvalue weighted by atomic mass is 10.0. The molecule has 2 atom stereocenters. The Bertz CT molecular complexity index is 1560. The maximum Gasteiger partial charge on any atom is 0.328 e. The fourth-order valence-corrected chi connectivity index (χ4v) is 4.79. The molecule has 4 aromatic rings. The molecule has 0 bridgehead atoms. The number of aliphatic imine (C=N–C) groups is 2. The van der Waals surface area contributed by atoms with Crippen molar-refractivity contribution in [1.82, 2.24) is 20.6 Å². The van der Waals surface area contributed by atoms with Crippen molar-refractivity contribution < 1.29 is 28.7 Å². The number of aromatic nitrogens is 2. The number of esters is 2. The van der Waals surface area contributed by atoms with Gasteiger partial charge in [-0.2, -0.15) is 0 Å². The van der Waals surface area contributed by atoms with Gasteiger partial charge in [-0.25, -0.2) is 9.59 Å². The number of ether oxygens (including phenoxy) is 2. The molecule has 3 heterocycles. The number of methoxy groups -OCH3 is 2. The predicted molar refractivity (Wildman–Crippen MR) is 148 cm³/mol. The van der Waals surface area contributed by atoms with Crippen LogP contribution in [0.5, 0.6) is 0 Å². The van der Waals surface area contributed by atoms with E-state index in [-0.39, 0.29) is 12.8 Å². The number of benzene rings is 2. The quantitative estimate of drug-likeness (QED) is 0.283. The molecule has 12 heteroatoms. The normalized spacial score (nSPS) is 18.1. The van der Waals surface area contributed by atoms with Gasteiger partial charge in [0.25, 0.3) is 11.8 Å². The van der Waals surface area contributed by atoms with Gasteiger partial charge in [-0.1, -0.05) is 12.1 Å². The summed E-state index contributed by atoms with van der Waals surface area (Å²) in [6.07, 6.45) is 5.78. The lowest BCUT2D eigenvalue weighted by Gasteiger charge is -2.16. The van der Waals surface area contributed by atoms with Gasteiger partial charge in [0.05, 0.1) is 38.0 Å². The van der Waals surface area contributed by atoms with E-state index in [0.717, 1.165) is 23.5 Å². The van der Waals surface area contributed by atoms with Gasteiger partial charge in [0, 0.05) is 47.0 Å². The summed E-state index contributed by atoms with van der Waals surface area (Å²) >= 11 is 0. The number of carbonyl (C=O) groups is 4. The molecule has 0 saturated carbocycles. The van der Waals surface area contributed by atoms with E-state index in [1.165, 1.54) is 14.2 Å². The number of hydrogen-bond acceptors (Lipinski definition) is 8. The molecule has 0 fully saturated rings. The Labute approximate surface area is 227 Å². The maximum absolute atomic E-state index is 12.9. The van der Waals surface area contributed by atoms with E-state index in [9.17, 15) is 19.2 Å². The van der Waals surface area contributed by atoms with Crippen LogP contribution < -0.4 is 10.6 Å². The SMILES string of the molecule is COC(=O)[C@@H]1Cc2c[nH]c3cccc(c23)N=CC(=O)N[C@H](C(=O)OC)Cc2c[nH]c3cccc(c23)N=CC(=O)N1. The molecular weight excluding hydrogens is 516 g/mol. The molecule has 0 spiro atoms. The Balaban J connectivity index is 1.61. The molecule has 0 aliphatic carbocycles. The smallest absolute Gasteiger partial charge is 0.328 e. The van der Waals surface area contributed by atoms with Crippen molar-refractivity contribution in [3.05, 3.63) is 59.9 Å². The fraction of sp³-hybridized carbons (Fsp3) is 0.214. The Morgan fingerprint density at radius 2 is 1.15 bits per heavy atom.